The molecule has 0 saturated carbocycles. The van der Waals surface area contributed by atoms with Crippen molar-refractivity contribution < 1.29 is 4.79 Å². The summed E-state index contributed by atoms with van der Waals surface area (Å²) in [6.07, 6.45) is 1.85. The highest BCUT2D eigenvalue weighted by atomic mass is 32.1. The molecule has 0 atom stereocenters. The van der Waals surface area contributed by atoms with Gasteiger partial charge in [-0.3, -0.25) is 4.79 Å². The number of rotatable bonds is 0. The lowest BCUT2D eigenvalue weighted by Crippen LogP contribution is -2.03. The minimum Gasteiger partial charge on any atom is -0.313 e. The van der Waals surface area contributed by atoms with Crippen molar-refractivity contribution in [2.75, 3.05) is 5.32 Å². The molecule has 0 radical (unpaired) electrons. The van der Waals surface area contributed by atoms with Gasteiger partial charge in [0.15, 0.2) is 0 Å². The van der Waals surface area contributed by atoms with Crippen LogP contribution in [0.3, 0.4) is 0 Å². The number of aryl methyl sites for hydroxylation is 1. The summed E-state index contributed by atoms with van der Waals surface area (Å²) in [4.78, 5) is 12.5. The maximum Gasteiger partial charge on any atom is 0.256 e. The summed E-state index contributed by atoms with van der Waals surface area (Å²) >= 11 is 1.63. The van der Waals surface area contributed by atoms with E-state index in [1.165, 1.54) is 4.88 Å². The Morgan fingerprint density at radius 1 is 1.58 bits per heavy atom. The molecule has 0 unspecified atom stereocenters. The molecule has 0 aliphatic carbocycles. The zero-order chi connectivity index (χ0) is 8.72. The molecule has 2 rings (SSSR count). The van der Waals surface area contributed by atoms with Crippen molar-refractivity contribution in [2.24, 2.45) is 0 Å². The third-order valence-corrected chi connectivity index (χ3v) is 2.87. The number of fused-ring (bicyclic) bond motifs is 1. The van der Waals surface area contributed by atoms with Gasteiger partial charge in [-0.05, 0) is 19.9 Å². The third kappa shape index (κ3) is 0.898. The van der Waals surface area contributed by atoms with Crippen LogP contribution >= 0.6 is 11.3 Å². The Morgan fingerprint density at radius 3 is 3.00 bits per heavy atom. The number of hydrogen-bond donors (Lipinski definition) is 1. The second-order valence-corrected chi connectivity index (χ2v) is 4.01. The maximum atomic E-state index is 11.3. The van der Waals surface area contributed by atoms with Gasteiger partial charge in [0, 0.05) is 16.0 Å². The summed E-state index contributed by atoms with van der Waals surface area (Å²) in [5.41, 5.74) is 1.86. The molecule has 0 saturated heterocycles. The van der Waals surface area contributed by atoms with Crippen molar-refractivity contribution in [3.05, 3.63) is 22.6 Å². The molecule has 0 bridgehead atoms. The van der Waals surface area contributed by atoms with E-state index in [4.69, 9.17) is 0 Å². The van der Waals surface area contributed by atoms with Crippen LogP contribution in [-0.2, 0) is 4.79 Å². The standard InChI is InChI=1S/C9H9NOS/c1-3-6-7-4-5(2)12-9(7)10-8(6)11/h3-4H,1-2H3,(H,10,11)/b6-3-. The summed E-state index contributed by atoms with van der Waals surface area (Å²) in [5, 5.41) is 3.82. The lowest BCUT2D eigenvalue weighted by Gasteiger charge is -1.90. The topological polar surface area (TPSA) is 29.1 Å². The van der Waals surface area contributed by atoms with Gasteiger partial charge in [0.25, 0.3) is 5.91 Å². The quantitative estimate of drug-likeness (QED) is 0.609. The highest BCUT2D eigenvalue weighted by Crippen LogP contribution is 2.38. The number of thiophene rings is 1. The van der Waals surface area contributed by atoms with Crippen molar-refractivity contribution in [2.45, 2.75) is 13.8 Å². The fourth-order valence-corrected chi connectivity index (χ4v) is 2.31. The predicted molar refractivity (Wildman–Crippen MR) is 51.3 cm³/mol. The van der Waals surface area contributed by atoms with Crippen molar-refractivity contribution in [1.29, 1.82) is 0 Å². The molecule has 1 N–H and O–H groups in total. The van der Waals surface area contributed by atoms with Gasteiger partial charge >= 0.3 is 0 Å². The van der Waals surface area contributed by atoms with Gasteiger partial charge in [0.05, 0.1) is 0 Å². The van der Waals surface area contributed by atoms with Gasteiger partial charge in [-0.15, -0.1) is 11.3 Å². The van der Waals surface area contributed by atoms with Gasteiger partial charge in [-0.25, -0.2) is 0 Å². The fraction of sp³-hybridized carbons (Fsp3) is 0.222. The second kappa shape index (κ2) is 2.45. The van der Waals surface area contributed by atoms with E-state index >= 15 is 0 Å². The zero-order valence-electron chi connectivity index (χ0n) is 6.97. The first kappa shape index (κ1) is 7.55. The Kier molecular flexibility index (Phi) is 1.54. The van der Waals surface area contributed by atoms with E-state index in [1.807, 2.05) is 26.0 Å². The molecular weight excluding hydrogens is 170 g/mol. The SMILES string of the molecule is C/C=C1\C(=O)Nc2sc(C)cc21. The Bertz CT molecular complexity index is 376. The number of hydrogen-bond acceptors (Lipinski definition) is 2. The van der Waals surface area contributed by atoms with Crippen LogP contribution in [0.5, 0.6) is 0 Å². The highest BCUT2D eigenvalue weighted by molar-refractivity contribution is 7.17. The Hall–Kier alpha value is -1.09. The molecule has 0 spiro atoms. The fourth-order valence-electron chi connectivity index (χ4n) is 1.39. The molecule has 1 aliphatic heterocycles. The molecule has 2 heterocycles. The van der Waals surface area contributed by atoms with Crippen molar-refractivity contribution >= 4 is 27.8 Å². The molecule has 62 valence electrons. The number of anilines is 1. The predicted octanol–water partition coefficient (Wildman–Crippen LogP) is 2.41. The molecule has 0 aromatic carbocycles. The van der Waals surface area contributed by atoms with Crippen LogP contribution in [0, 0.1) is 6.92 Å². The van der Waals surface area contributed by atoms with E-state index < -0.39 is 0 Å². The molecule has 1 aliphatic rings. The second-order valence-electron chi connectivity index (χ2n) is 2.76. The maximum absolute atomic E-state index is 11.3. The first-order chi connectivity index (χ1) is 5.72. The zero-order valence-corrected chi connectivity index (χ0v) is 7.79. The molecule has 0 fully saturated rings. The lowest BCUT2D eigenvalue weighted by atomic mass is 10.1. The normalized spacial score (nSPS) is 18.2. The van der Waals surface area contributed by atoms with Crippen LogP contribution in [-0.4, -0.2) is 5.91 Å². The van der Waals surface area contributed by atoms with Crippen LogP contribution in [0.25, 0.3) is 5.57 Å². The van der Waals surface area contributed by atoms with Crippen molar-refractivity contribution in [3.63, 3.8) is 0 Å². The molecule has 1 amide bonds. The van der Waals surface area contributed by atoms with E-state index in [0.29, 0.717) is 0 Å². The molecule has 12 heavy (non-hydrogen) atoms. The van der Waals surface area contributed by atoms with Gasteiger partial charge < -0.3 is 5.32 Å². The monoisotopic (exact) mass is 179 g/mol. The summed E-state index contributed by atoms with van der Waals surface area (Å²) in [6, 6.07) is 2.05. The highest BCUT2D eigenvalue weighted by Gasteiger charge is 2.24. The van der Waals surface area contributed by atoms with Gasteiger partial charge in [-0.2, -0.15) is 0 Å². The third-order valence-electron chi connectivity index (χ3n) is 1.91. The van der Waals surface area contributed by atoms with Crippen LogP contribution in [0.1, 0.15) is 17.4 Å². The van der Waals surface area contributed by atoms with Crippen LogP contribution in [0.4, 0.5) is 5.00 Å². The van der Waals surface area contributed by atoms with Crippen LogP contribution < -0.4 is 5.32 Å². The number of allylic oxidation sites excluding steroid dienone is 1. The Balaban J connectivity index is 2.59. The summed E-state index contributed by atoms with van der Waals surface area (Å²) in [7, 11) is 0. The van der Waals surface area contributed by atoms with E-state index in [-0.39, 0.29) is 5.91 Å². The molecular formula is C9H9NOS. The lowest BCUT2D eigenvalue weighted by molar-refractivity contribution is -0.110. The van der Waals surface area contributed by atoms with E-state index in [0.717, 1.165) is 16.1 Å². The largest absolute Gasteiger partial charge is 0.313 e. The summed E-state index contributed by atoms with van der Waals surface area (Å²) in [5.74, 6) is 0.0266. The number of carbonyl (C=O) groups excluding carboxylic acids is 1. The summed E-state index contributed by atoms with van der Waals surface area (Å²) in [6.45, 7) is 3.93. The van der Waals surface area contributed by atoms with E-state index in [2.05, 4.69) is 5.32 Å². The van der Waals surface area contributed by atoms with Crippen LogP contribution in [0.2, 0.25) is 0 Å². The Morgan fingerprint density at radius 2 is 2.33 bits per heavy atom. The molecule has 1 aromatic heterocycles. The van der Waals surface area contributed by atoms with Crippen molar-refractivity contribution in [3.8, 4) is 0 Å². The smallest absolute Gasteiger partial charge is 0.256 e. The average molecular weight is 179 g/mol. The number of carbonyl (C=O) groups is 1. The number of nitrogens with one attached hydrogen (secondary N) is 1. The molecule has 2 nitrogen and oxygen atoms in total. The first-order valence-corrected chi connectivity index (χ1v) is 4.62. The minimum atomic E-state index is 0.0266. The molecule has 1 aromatic rings. The van der Waals surface area contributed by atoms with Gasteiger partial charge in [0.2, 0.25) is 0 Å². The van der Waals surface area contributed by atoms with Crippen LogP contribution in [0.15, 0.2) is 12.1 Å². The summed E-state index contributed by atoms with van der Waals surface area (Å²) < 4.78 is 0. The van der Waals surface area contributed by atoms with Gasteiger partial charge in [0.1, 0.15) is 5.00 Å². The van der Waals surface area contributed by atoms with Gasteiger partial charge in [-0.1, -0.05) is 6.08 Å². The van der Waals surface area contributed by atoms with E-state index in [1.54, 1.807) is 11.3 Å². The van der Waals surface area contributed by atoms with Crippen molar-refractivity contribution in [1.82, 2.24) is 0 Å². The number of amides is 1. The first-order valence-electron chi connectivity index (χ1n) is 3.81. The van der Waals surface area contributed by atoms with E-state index in [9.17, 15) is 4.79 Å². The molecule has 3 heteroatoms. The average Bonchev–Trinajstić information content (AvgIpc) is 2.43. The minimum absolute atomic E-state index is 0.0266. The Labute approximate surface area is 74.9 Å².